The summed E-state index contributed by atoms with van der Waals surface area (Å²) >= 11 is 0. The number of benzene rings is 2. The molecule has 10 nitrogen and oxygen atoms in total. The molecule has 0 bridgehead atoms. The average molecular weight is 565 g/mol. The molecule has 42 heavy (non-hydrogen) atoms. The SMILES string of the molecule is O=C1NC(Cc2c[nH]c3cc(C45CC6C(=O)N7CCCC7C(=O)N6C4Nc4ccccc45)ccc23)C(=O)N2CCCC12. The fourth-order valence-electron chi connectivity index (χ4n) is 8.92. The molecule has 6 atom stereocenters. The van der Waals surface area contributed by atoms with E-state index in [1.807, 2.05) is 29.3 Å². The highest BCUT2D eigenvalue weighted by atomic mass is 16.2. The van der Waals surface area contributed by atoms with Gasteiger partial charge in [0.2, 0.25) is 23.6 Å². The lowest BCUT2D eigenvalue weighted by Crippen LogP contribution is -2.63. The van der Waals surface area contributed by atoms with Crippen LogP contribution in [0.25, 0.3) is 10.9 Å². The number of anilines is 1. The number of nitrogens with one attached hydrogen (secondary N) is 3. The average Bonchev–Trinajstić information content (AvgIpc) is 3.82. The smallest absolute Gasteiger partial charge is 0.247 e. The molecular formula is C32H32N6O4. The lowest BCUT2D eigenvalue weighted by molar-refractivity contribution is -0.158. The van der Waals surface area contributed by atoms with Gasteiger partial charge in [0.15, 0.2) is 0 Å². The number of piperazine rings is 2. The molecule has 6 aliphatic rings. The highest BCUT2D eigenvalue weighted by molar-refractivity contribution is 6.00. The van der Waals surface area contributed by atoms with Gasteiger partial charge in [-0.05, 0) is 60.9 Å². The van der Waals surface area contributed by atoms with Gasteiger partial charge in [-0.25, -0.2) is 0 Å². The number of carbonyl (C=O) groups is 4. The summed E-state index contributed by atoms with van der Waals surface area (Å²) in [5, 5.41) is 7.61. The second-order valence-electron chi connectivity index (χ2n) is 12.7. The van der Waals surface area contributed by atoms with Crippen LogP contribution in [0.4, 0.5) is 5.69 Å². The van der Waals surface area contributed by atoms with Crippen molar-refractivity contribution >= 4 is 40.2 Å². The first-order valence-corrected chi connectivity index (χ1v) is 15.2. The number of amides is 4. The highest BCUT2D eigenvalue weighted by Crippen LogP contribution is 2.56. The quantitative estimate of drug-likeness (QED) is 0.449. The van der Waals surface area contributed by atoms with Crippen molar-refractivity contribution in [1.82, 2.24) is 25.0 Å². The van der Waals surface area contributed by atoms with E-state index in [1.54, 1.807) is 9.80 Å². The van der Waals surface area contributed by atoms with Crippen LogP contribution in [0.5, 0.6) is 0 Å². The number of carbonyl (C=O) groups excluding carboxylic acids is 4. The van der Waals surface area contributed by atoms with Gasteiger partial charge in [-0.15, -0.1) is 0 Å². The molecular weight excluding hydrogens is 532 g/mol. The molecule has 0 spiro atoms. The maximum absolute atomic E-state index is 13.8. The molecule has 6 aliphatic heterocycles. The van der Waals surface area contributed by atoms with E-state index >= 15 is 0 Å². The molecule has 214 valence electrons. The number of para-hydroxylation sites is 1. The Labute approximate surface area is 242 Å². The number of H-pyrrole nitrogens is 1. The predicted octanol–water partition coefficient (Wildman–Crippen LogP) is 1.84. The van der Waals surface area contributed by atoms with E-state index in [0.717, 1.165) is 59.0 Å². The van der Waals surface area contributed by atoms with Crippen LogP contribution in [0.2, 0.25) is 0 Å². The summed E-state index contributed by atoms with van der Waals surface area (Å²) in [7, 11) is 0. The Kier molecular flexibility index (Phi) is 4.83. The van der Waals surface area contributed by atoms with Gasteiger partial charge < -0.3 is 30.3 Å². The summed E-state index contributed by atoms with van der Waals surface area (Å²) in [6.45, 7) is 1.30. The number of nitrogens with zero attached hydrogens (tertiary/aromatic N) is 3. The molecule has 3 N–H and O–H groups in total. The van der Waals surface area contributed by atoms with E-state index in [0.29, 0.717) is 25.9 Å². The van der Waals surface area contributed by atoms with E-state index < -0.39 is 17.5 Å². The zero-order valence-electron chi connectivity index (χ0n) is 23.1. The van der Waals surface area contributed by atoms with E-state index in [9.17, 15) is 19.2 Å². The predicted molar refractivity (Wildman–Crippen MR) is 153 cm³/mol. The molecule has 3 aromatic rings. The van der Waals surface area contributed by atoms with Crippen LogP contribution in [0.3, 0.4) is 0 Å². The largest absolute Gasteiger partial charge is 0.364 e. The van der Waals surface area contributed by atoms with Crippen molar-refractivity contribution in [3.8, 4) is 0 Å². The molecule has 4 amide bonds. The molecule has 5 fully saturated rings. The molecule has 0 saturated carbocycles. The fraction of sp³-hybridized carbons (Fsp3) is 0.438. The first-order valence-electron chi connectivity index (χ1n) is 15.2. The second-order valence-corrected chi connectivity index (χ2v) is 12.7. The van der Waals surface area contributed by atoms with Gasteiger partial charge in [-0.3, -0.25) is 19.2 Å². The van der Waals surface area contributed by atoms with Crippen molar-refractivity contribution in [2.24, 2.45) is 0 Å². The van der Waals surface area contributed by atoms with Gasteiger partial charge >= 0.3 is 0 Å². The van der Waals surface area contributed by atoms with Gasteiger partial charge in [-0.1, -0.05) is 30.3 Å². The molecule has 9 rings (SSSR count). The molecule has 5 saturated heterocycles. The third-order valence-corrected chi connectivity index (χ3v) is 10.8. The molecule has 2 aromatic carbocycles. The van der Waals surface area contributed by atoms with Gasteiger partial charge in [0, 0.05) is 42.3 Å². The van der Waals surface area contributed by atoms with E-state index in [2.05, 4.69) is 39.9 Å². The van der Waals surface area contributed by atoms with Crippen molar-refractivity contribution in [3.63, 3.8) is 0 Å². The van der Waals surface area contributed by atoms with Crippen molar-refractivity contribution in [3.05, 3.63) is 65.4 Å². The van der Waals surface area contributed by atoms with Crippen LogP contribution >= 0.6 is 0 Å². The van der Waals surface area contributed by atoms with E-state index in [1.165, 1.54) is 0 Å². The summed E-state index contributed by atoms with van der Waals surface area (Å²) in [5.74, 6) is 0.0507. The monoisotopic (exact) mass is 564 g/mol. The minimum Gasteiger partial charge on any atom is -0.364 e. The number of hydrogen-bond donors (Lipinski definition) is 3. The number of aromatic amines is 1. The molecule has 1 aromatic heterocycles. The minimum absolute atomic E-state index is 0.00381. The summed E-state index contributed by atoms with van der Waals surface area (Å²) in [5.41, 5.74) is 4.46. The number of aromatic nitrogens is 1. The summed E-state index contributed by atoms with van der Waals surface area (Å²) in [6, 6.07) is 12.8. The Balaban J connectivity index is 1.10. The fourth-order valence-corrected chi connectivity index (χ4v) is 8.92. The van der Waals surface area contributed by atoms with Gasteiger partial charge in [-0.2, -0.15) is 0 Å². The summed E-state index contributed by atoms with van der Waals surface area (Å²) < 4.78 is 0. The first kappa shape index (κ1) is 24.3. The van der Waals surface area contributed by atoms with Crippen LogP contribution in [0.15, 0.2) is 48.7 Å². The van der Waals surface area contributed by atoms with Crippen molar-refractivity contribution in [2.75, 3.05) is 18.4 Å². The molecule has 10 heteroatoms. The highest BCUT2D eigenvalue weighted by Gasteiger charge is 2.65. The van der Waals surface area contributed by atoms with Crippen LogP contribution in [-0.4, -0.2) is 86.7 Å². The van der Waals surface area contributed by atoms with E-state index in [4.69, 9.17) is 0 Å². The van der Waals surface area contributed by atoms with Crippen LogP contribution < -0.4 is 10.6 Å². The zero-order valence-corrected chi connectivity index (χ0v) is 23.1. The Morgan fingerprint density at radius 3 is 2.48 bits per heavy atom. The molecule has 0 aliphatic carbocycles. The van der Waals surface area contributed by atoms with Crippen molar-refractivity contribution in [1.29, 1.82) is 0 Å². The Morgan fingerprint density at radius 2 is 1.62 bits per heavy atom. The zero-order chi connectivity index (χ0) is 28.3. The Morgan fingerprint density at radius 1 is 0.833 bits per heavy atom. The van der Waals surface area contributed by atoms with Gasteiger partial charge in [0.1, 0.15) is 30.3 Å². The number of rotatable bonds is 3. The lowest BCUT2D eigenvalue weighted by atomic mass is 9.72. The standard InChI is InChI=1S/C32H32N6O4/c39-27-24-7-3-11-36(24)28(40)23(34-27)13-17-16-33-22-14-18(9-10-19(17)22)32-15-26-29(41)37-12-4-8-25(37)30(42)38(26)31(32)35-21-6-2-1-5-20(21)32/h1-2,5-6,9-10,14,16,23-26,31,33,35H,3-4,7-8,11-13,15H2,(H,34,39). The van der Waals surface area contributed by atoms with Crippen molar-refractivity contribution in [2.45, 2.75) is 74.3 Å². The van der Waals surface area contributed by atoms with Crippen molar-refractivity contribution < 1.29 is 19.2 Å². The van der Waals surface area contributed by atoms with Crippen LogP contribution in [0, 0.1) is 0 Å². The molecule has 6 unspecified atom stereocenters. The molecule has 7 heterocycles. The lowest BCUT2D eigenvalue weighted by Gasteiger charge is -2.41. The summed E-state index contributed by atoms with van der Waals surface area (Å²) in [4.78, 5) is 62.2. The van der Waals surface area contributed by atoms with E-state index in [-0.39, 0.29) is 41.9 Å². The normalized spacial score (nSPS) is 33.0. The maximum atomic E-state index is 13.8. The maximum Gasteiger partial charge on any atom is 0.247 e. The minimum atomic E-state index is -0.579. The van der Waals surface area contributed by atoms with Crippen LogP contribution in [-0.2, 0) is 31.0 Å². The third-order valence-electron chi connectivity index (χ3n) is 10.8. The number of fused-ring (bicyclic) bond motifs is 8. The van der Waals surface area contributed by atoms with Gasteiger partial charge in [0.25, 0.3) is 0 Å². The topological polar surface area (TPSA) is 118 Å². The first-order chi connectivity index (χ1) is 20.5. The Hall–Kier alpha value is -4.34. The second kappa shape index (κ2) is 8.36. The summed E-state index contributed by atoms with van der Waals surface area (Å²) in [6.07, 6.45) is 5.70. The Bertz CT molecular complexity index is 1720. The van der Waals surface area contributed by atoms with Gasteiger partial charge in [0.05, 0.1) is 5.41 Å². The molecule has 0 radical (unpaired) electrons. The van der Waals surface area contributed by atoms with Crippen LogP contribution in [0.1, 0.15) is 48.8 Å². The number of hydrogen-bond acceptors (Lipinski definition) is 5. The third kappa shape index (κ3) is 2.99.